The van der Waals surface area contributed by atoms with E-state index in [1.165, 1.54) is 23.3 Å². The normalized spacial score (nSPS) is 15.2. The smallest absolute Gasteiger partial charge is 0.271 e. The molecule has 6 heteroatoms. The van der Waals surface area contributed by atoms with Crippen molar-refractivity contribution in [3.63, 3.8) is 0 Å². The number of aryl methyl sites for hydroxylation is 1. The number of amides is 1. The minimum Gasteiger partial charge on any atom is -0.356 e. The van der Waals surface area contributed by atoms with Crippen LogP contribution in [0, 0.1) is 6.92 Å². The molecule has 2 aromatic heterocycles. The molecule has 3 heterocycles. The number of benzene rings is 1. The average Bonchev–Trinajstić information content (AvgIpc) is 2.69. The largest absolute Gasteiger partial charge is 0.356 e. The van der Waals surface area contributed by atoms with Crippen LogP contribution in [0.2, 0.25) is 0 Å². The number of fused-ring (bicyclic) bond motifs is 1. The molecule has 26 heavy (non-hydrogen) atoms. The lowest BCUT2D eigenvalue weighted by atomic mass is 10.0. The minimum absolute atomic E-state index is 0.155. The van der Waals surface area contributed by atoms with Crippen LogP contribution in [-0.2, 0) is 0 Å². The molecule has 0 unspecified atom stereocenters. The zero-order valence-electron chi connectivity index (χ0n) is 14.7. The summed E-state index contributed by atoms with van der Waals surface area (Å²) in [5, 5.41) is 4.26. The third-order valence-electron chi connectivity index (χ3n) is 4.86. The maximum atomic E-state index is 12.2. The number of nitrogens with zero attached hydrogens (tertiary/aromatic N) is 4. The molecule has 0 atom stereocenters. The summed E-state index contributed by atoms with van der Waals surface area (Å²) in [5.41, 5.74) is 2.63. The van der Waals surface area contributed by atoms with Crippen LogP contribution >= 0.6 is 0 Å². The van der Waals surface area contributed by atoms with Crippen molar-refractivity contribution >= 4 is 22.6 Å². The molecule has 0 saturated carbocycles. The van der Waals surface area contributed by atoms with Gasteiger partial charge in [-0.3, -0.25) is 9.78 Å². The van der Waals surface area contributed by atoms with Gasteiger partial charge in [-0.15, -0.1) is 0 Å². The average molecular weight is 347 g/mol. The summed E-state index contributed by atoms with van der Waals surface area (Å²) in [7, 11) is 0. The summed E-state index contributed by atoms with van der Waals surface area (Å²) >= 11 is 0. The maximum Gasteiger partial charge on any atom is 0.271 e. The molecule has 1 aliphatic heterocycles. The van der Waals surface area contributed by atoms with Gasteiger partial charge in [0.25, 0.3) is 5.91 Å². The van der Waals surface area contributed by atoms with Crippen LogP contribution in [0.5, 0.6) is 0 Å². The summed E-state index contributed by atoms with van der Waals surface area (Å²) in [6.07, 6.45) is 6.37. The summed E-state index contributed by atoms with van der Waals surface area (Å²) in [6, 6.07) is 10.5. The van der Waals surface area contributed by atoms with E-state index in [9.17, 15) is 4.79 Å². The van der Waals surface area contributed by atoms with E-state index in [0.29, 0.717) is 5.69 Å². The predicted octanol–water partition coefficient (Wildman–Crippen LogP) is 2.73. The highest BCUT2D eigenvalue weighted by atomic mass is 16.1. The molecule has 1 aromatic carbocycles. The number of carbonyl (C=O) groups is 1. The van der Waals surface area contributed by atoms with E-state index in [0.717, 1.165) is 37.3 Å². The zero-order valence-corrected chi connectivity index (χ0v) is 14.7. The molecular formula is C20H21N5O. The van der Waals surface area contributed by atoms with Crippen LogP contribution in [0.25, 0.3) is 10.9 Å². The molecule has 1 fully saturated rings. The van der Waals surface area contributed by atoms with E-state index >= 15 is 0 Å². The Balaban J connectivity index is 1.41. The van der Waals surface area contributed by atoms with E-state index in [-0.39, 0.29) is 11.9 Å². The van der Waals surface area contributed by atoms with Gasteiger partial charge >= 0.3 is 0 Å². The molecule has 0 aliphatic carbocycles. The second-order valence-electron chi connectivity index (χ2n) is 6.64. The topological polar surface area (TPSA) is 71.0 Å². The number of para-hydroxylation sites is 1. The van der Waals surface area contributed by atoms with E-state index in [4.69, 9.17) is 4.98 Å². The van der Waals surface area contributed by atoms with Gasteiger partial charge in [-0.1, -0.05) is 18.2 Å². The SMILES string of the molecule is Cc1cc(N2CCC(NC(=O)c3cnccn3)CC2)nc2ccccc12. The first kappa shape index (κ1) is 16.4. The number of rotatable bonds is 3. The van der Waals surface area contributed by atoms with Gasteiger partial charge in [0, 0.05) is 36.9 Å². The van der Waals surface area contributed by atoms with Gasteiger partial charge in [-0.05, 0) is 37.5 Å². The summed E-state index contributed by atoms with van der Waals surface area (Å²) in [5.74, 6) is 0.858. The highest BCUT2D eigenvalue weighted by Gasteiger charge is 2.22. The van der Waals surface area contributed by atoms with E-state index in [2.05, 4.69) is 45.3 Å². The summed E-state index contributed by atoms with van der Waals surface area (Å²) in [6.45, 7) is 3.87. The molecule has 4 rings (SSSR count). The van der Waals surface area contributed by atoms with Crippen molar-refractivity contribution in [2.24, 2.45) is 0 Å². The van der Waals surface area contributed by atoms with Crippen molar-refractivity contribution < 1.29 is 4.79 Å². The Bertz CT molecular complexity index is 920. The predicted molar refractivity (Wildman–Crippen MR) is 101 cm³/mol. The second-order valence-corrected chi connectivity index (χ2v) is 6.64. The number of pyridine rings is 1. The fraction of sp³-hybridized carbons (Fsp3) is 0.300. The monoisotopic (exact) mass is 347 g/mol. The molecule has 6 nitrogen and oxygen atoms in total. The fourth-order valence-corrected chi connectivity index (χ4v) is 3.42. The fourth-order valence-electron chi connectivity index (χ4n) is 3.42. The van der Waals surface area contributed by atoms with E-state index in [1.807, 2.05) is 12.1 Å². The van der Waals surface area contributed by atoms with Crippen molar-refractivity contribution in [2.45, 2.75) is 25.8 Å². The lowest BCUT2D eigenvalue weighted by Crippen LogP contribution is -2.45. The first-order chi connectivity index (χ1) is 12.7. The molecule has 1 N–H and O–H groups in total. The molecule has 132 valence electrons. The van der Waals surface area contributed by atoms with Crippen LogP contribution in [0.15, 0.2) is 48.9 Å². The second kappa shape index (κ2) is 7.07. The van der Waals surface area contributed by atoms with Crippen molar-refractivity contribution in [1.29, 1.82) is 0 Å². The van der Waals surface area contributed by atoms with E-state index in [1.54, 1.807) is 6.20 Å². The van der Waals surface area contributed by atoms with Gasteiger partial charge in [-0.25, -0.2) is 9.97 Å². The Morgan fingerprint density at radius 2 is 2.00 bits per heavy atom. The summed E-state index contributed by atoms with van der Waals surface area (Å²) < 4.78 is 0. The molecular weight excluding hydrogens is 326 g/mol. The van der Waals surface area contributed by atoms with Gasteiger partial charge in [0.2, 0.25) is 0 Å². The number of hydrogen-bond donors (Lipinski definition) is 1. The summed E-state index contributed by atoms with van der Waals surface area (Å²) in [4.78, 5) is 27.3. The van der Waals surface area contributed by atoms with Gasteiger partial charge in [-0.2, -0.15) is 0 Å². The Kier molecular flexibility index (Phi) is 4.48. The highest BCUT2D eigenvalue weighted by molar-refractivity contribution is 5.92. The Morgan fingerprint density at radius 1 is 1.19 bits per heavy atom. The molecule has 1 aliphatic rings. The van der Waals surface area contributed by atoms with Crippen molar-refractivity contribution in [1.82, 2.24) is 20.3 Å². The Labute approximate surface area is 152 Å². The van der Waals surface area contributed by atoms with Gasteiger partial charge in [0.15, 0.2) is 0 Å². The molecule has 0 spiro atoms. The Morgan fingerprint density at radius 3 is 2.77 bits per heavy atom. The number of carbonyl (C=O) groups excluding carboxylic acids is 1. The molecule has 1 amide bonds. The maximum absolute atomic E-state index is 12.2. The van der Waals surface area contributed by atoms with Crippen LogP contribution in [0.3, 0.4) is 0 Å². The van der Waals surface area contributed by atoms with E-state index < -0.39 is 0 Å². The number of aromatic nitrogens is 3. The highest BCUT2D eigenvalue weighted by Crippen LogP contribution is 2.24. The van der Waals surface area contributed by atoms with Gasteiger partial charge < -0.3 is 10.2 Å². The number of anilines is 1. The standard InChI is InChI=1S/C20H21N5O/c1-14-12-19(24-17-5-3-2-4-16(14)17)25-10-6-15(7-11-25)23-20(26)18-13-21-8-9-22-18/h2-5,8-9,12-13,15H,6-7,10-11H2,1H3,(H,23,26). The molecule has 3 aromatic rings. The van der Waals surface area contributed by atoms with Gasteiger partial charge in [0.1, 0.15) is 11.5 Å². The van der Waals surface area contributed by atoms with Crippen LogP contribution in [0.1, 0.15) is 28.9 Å². The number of nitrogens with one attached hydrogen (secondary N) is 1. The molecule has 0 radical (unpaired) electrons. The van der Waals surface area contributed by atoms with Crippen LogP contribution in [0.4, 0.5) is 5.82 Å². The first-order valence-corrected chi connectivity index (χ1v) is 8.89. The van der Waals surface area contributed by atoms with Crippen molar-refractivity contribution in [3.05, 3.63) is 60.2 Å². The van der Waals surface area contributed by atoms with Crippen molar-refractivity contribution in [2.75, 3.05) is 18.0 Å². The molecule has 0 bridgehead atoms. The minimum atomic E-state index is -0.156. The Hall–Kier alpha value is -3.02. The molecule has 1 saturated heterocycles. The van der Waals surface area contributed by atoms with Crippen LogP contribution in [-0.4, -0.2) is 40.0 Å². The third-order valence-corrected chi connectivity index (χ3v) is 4.86. The third kappa shape index (κ3) is 3.35. The lowest BCUT2D eigenvalue weighted by molar-refractivity contribution is 0.0925. The van der Waals surface area contributed by atoms with Crippen molar-refractivity contribution in [3.8, 4) is 0 Å². The zero-order chi connectivity index (χ0) is 17.9. The van der Waals surface area contributed by atoms with Gasteiger partial charge in [0.05, 0.1) is 11.7 Å². The lowest BCUT2D eigenvalue weighted by Gasteiger charge is -2.33. The number of hydrogen-bond acceptors (Lipinski definition) is 5. The first-order valence-electron chi connectivity index (χ1n) is 8.89. The quantitative estimate of drug-likeness (QED) is 0.789. The van der Waals surface area contributed by atoms with Crippen LogP contribution < -0.4 is 10.2 Å². The number of piperidine rings is 1.